The van der Waals surface area contributed by atoms with Gasteiger partial charge in [-0.2, -0.15) is 0 Å². The Balaban J connectivity index is 0.00000300. The van der Waals surface area contributed by atoms with Crippen molar-refractivity contribution in [1.29, 1.82) is 0 Å². The van der Waals surface area contributed by atoms with Crippen molar-refractivity contribution in [3.8, 4) is 11.5 Å². The molecule has 0 saturated heterocycles. The Morgan fingerprint density at radius 2 is 0.940 bits per heavy atom. The number of aromatic nitrogens is 4. The van der Waals surface area contributed by atoms with Crippen LogP contribution >= 0.6 is 22.7 Å². The van der Waals surface area contributed by atoms with Gasteiger partial charge in [-0.25, -0.2) is 0 Å². The molecular formula is C42H20N4OPtS2. The first-order valence-corrected chi connectivity index (χ1v) is 17.7. The van der Waals surface area contributed by atoms with Crippen LogP contribution in [0.15, 0.2) is 122 Å². The van der Waals surface area contributed by atoms with Gasteiger partial charge in [0.25, 0.3) is 0 Å². The molecule has 0 aliphatic heterocycles. The van der Waals surface area contributed by atoms with Crippen LogP contribution in [0, 0.1) is 12.1 Å². The van der Waals surface area contributed by atoms with Crippen LogP contribution in [-0.4, -0.2) is 18.8 Å². The minimum atomic E-state index is 0. The van der Waals surface area contributed by atoms with Gasteiger partial charge in [-0.3, -0.25) is 9.97 Å². The summed E-state index contributed by atoms with van der Waals surface area (Å²) in [7, 11) is 0. The van der Waals surface area contributed by atoms with E-state index in [9.17, 15) is 0 Å². The number of benzene rings is 6. The number of hydrogen-bond donors (Lipinski definition) is 0. The summed E-state index contributed by atoms with van der Waals surface area (Å²) in [6, 6.07) is 41.6. The molecule has 0 radical (unpaired) electrons. The molecule has 8 heteroatoms. The van der Waals surface area contributed by atoms with Crippen molar-refractivity contribution in [2.75, 3.05) is 0 Å². The van der Waals surface area contributed by atoms with E-state index >= 15 is 0 Å². The van der Waals surface area contributed by atoms with Crippen LogP contribution in [0.25, 0.3) is 95.0 Å². The summed E-state index contributed by atoms with van der Waals surface area (Å²) < 4.78 is 16.0. The maximum absolute atomic E-state index is 6.52. The van der Waals surface area contributed by atoms with E-state index in [0.717, 1.165) is 43.6 Å². The van der Waals surface area contributed by atoms with E-state index in [1.54, 1.807) is 0 Å². The van der Waals surface area contributed by atoms with Gasteiger partial charge in [0.1, 0.15) is 0 Å². The molecule has 0 saturated carbocycles. The van der Waals surface area contributed by atoms with E-state index in [1.165, 1.54) is 51.4 Å². The maximum Gasteiger partial charge on any atom is 2.00 e. The molecule has 5 nitrogen and oxygen atoms in total. The molecule has 12 rings (SSSR count). The van der Waals surface area contributed by atoms with Gasteiger partial charge < -0.3 is 13.5 Å². The van der Waals surface area contributed by atoms with Crippen molar-refractivity contribution in [3.63, 3.8) is 0 Å². The third kappa shape index (κ3) is 3.74. The SMILES string of the molecule is [Pt+2].[c-]1c(Oc2[c-]c3c(cc2)c2ccc4sc5ccccc5c4c2n2ccnc32)ccc2c1c1nccn1c1c2ccc2sc3ccccc3c21. The number of fused-ring (bicyclic) bond motifs is 20. The molecule has 0 aliphatic carbocycles. The zero-order valence-electron chi connectivity index (χ0n) is 25.9. The molecule has 12 aromatic rings. The zero-order chi connectivity index (χ0) is 31.8. The van der Waals surface area contributed by atoms with Gasteiger partial charge in [0, 0.05) is 87.7 Å². The predicted molar refractivity (Wildman–Crippen MR) is 204 cm³/mol. The fourth-order valence-corrected chi connectivity index (χ4v) is 10.1. The Labute approximate surface area is 305 Å². The molecule has 0 atom stereocenters. The fraction of sp³-hybridized carbons (Fsp3) is 0. The third-order valence-electron chi connectivity index (χ3n) is 9.88. The van der Waals surface area contributed by atoms with Gasteiger partial charge in [-0.15, -0.1) is 34.8 Å². The Morgan fingerprint density at radius 1 is 0.480 bits per heavy atom. The monoisotopic (exact) mass is 855 g/mol. The quantitative estimate of drug-likeness (QED) is 0.129. The van der Waals surface area contributed by atoms with Gasteiger partial charge in [-0.1, -0.05) is 94.3 Å². The molecule has 236 valence electrons. The first-order chi connectivity index (χ1) is 24.3. The summed E-state index contributed by atoms with van der Waals surface area (Å²) in [5, 5.41) is 11.4. The van der Waals surface area contributed by atoms with Crippen LogP contribution < -0.4 is 4.74 Å². The van der Waals surface area contributed by atoms with Crippen molar-refractivity contribution in [3.05, 3.63) is 134 Å². The van der Waals surface area contributed by atoms with Crippen LogP contribution in [0.2, 0.25) is 0 Å². The average Bonchev–Trinajstić information content (AvgIpc) is 3.95. The maximum atomic E-state index is 6.52. The molecule has 0 fully saturated rings. The van der Waals surface area contributed by atoms with Gasteiger partial charge in [0.15, 0.2) is 0 Å². The van der Waals surface area contributed by atoms with Gasteiger partial charge in [0.05, 0.1) is 11.3 Å². The zero-order valence-corrected chi connectivity index (χ0v) is 29.8. The van der Waals surface area contributed by atoms with E-state index < -0.39 is 0 Å². The topological polar surface area (TPSA) is 43.8 Å². The fourth-order valence-electron chi connectivity index (χ4n) is 7.86. The molecule has 0 N–H and O–H groups in total. The van der Waals surface area contributed by atoms with E-state index in [0.29, 0.717) is 11.5 Å². The first-order valence-electron chi connectivity index (χ1n) is 16.1. The number of imidazole rings is 2. The van der Waals surface area contributed by atoms with Crippen molar-refractivity contribution >= 4 is 118 Å². The minimum Gasteiger partial charge on any atom is -0.497 e. The predicted octanol–water partition coefficient (Wildman–Crippen LogP) is 11.7. The van der Waals surface area contributed by atoms with Crippen LogP contribution in [0.4, 0.5) is 0 Å². The van der Waals surface area contributed by atoms with Crippen LogP contribution in [-0.2, 0) is 21.1 Å². The number of hydrogen-bond acceptors (Lipinski definition) is 5. The normalized spacial score (nSPS) is 12.2. The molecule has 0 amide bonds. The average molecular weight is 856 g/mol. The smallest absolute Gasteiger partial charge is 0.497 e. The second kappa shape index (κ2) is 10.3. The van der Waals surface area contributed by atoms with E-state index in [1.807, 2.05) is 59.6 Å². The van der Waals surface area contributed by atoms with Gasteiger partial charge in [0.2, 0.25) is 0 Å². The molecule has 0 spiro atoms. The van der Waals surface area contributed by atoms with Crippen molar-refractivity contribution < 1.29 is 25.8 Å². The summed E-state index contributed by atoms with van der Waals surface area (Å²) in [5.74, 6) is 1.22. The van der Waals surface area contributed by atoms with Crippen LogP contribution in [0.1, 0.15) is 0 Å². The molecule has 6 heterocycles. The third-order valence-corrected chi connectivity index (χ3v) is 12.2. The molecular weight excluding hydrogens is 836 g/mol. The van der Waals surface area contributed by atoms with Crippen molar-refractivity contribution in [2.45, 2.75) is 0 Å². The number of thiophene rings is 2. The van der Waals surface area contributed by atoms with Crippen molar-refractivity contribution in [1.82, 2.24) is 18.8 Å². The summed E-state index contributed by atoms with van der Waals surface area (Å²) in [5.41, 5.74) is 4.05. The van der Waals surface area contributed by atoms with E-state index in [2.05, 4.69) is 106 Å². The molecule has 6 aromatic carbocycles. The molecule has 50 heavy (non-hydrogen) atoms. The summed E-state index contributed by atoms with van der Waals surface area (Å²) in [6.45, 7) is 0. The van der Waals surface area contributed by atoms with Crippen molar-refractivity contribution in [2.24, 2.45) is 0 Å². The van der Waals surface area contributed by atoms with E-state index in [4.69, 9.17) is 14.7 Å². The molecule has 0 aliphatic rings. The first kappa shape index (κ1) is 28.5. The standard InChI is InChI=1S/C42H20N4OS2.Pt/c1-3-7-33-29(5-1)37-35(48-33)15-13-27-25-11-9-23(21-31(25)41-43-17-19-45(41)39(27)37)47-24-10-12-26-28-14-16-36-38(30-6-2-4-8-34(30)49-36)40(28)46-20-18-44-42(46)32(26)22-24;/h1-20H;/q-2;+2. The molecule has 0 unspecified atom stereocenters. The van der Waals surface area contributed by atoms with E-state index in [-0.39, 0.29) is 21.1 Å². The summed E-state index contributed by atoms with van der Waals surface area (Å²) in [6.07, 6.45) is 7.84. The minimum absolute atomic E-state index is 0. The number of ether oxygens (including phenoxy) is 1. The number of nitrogens with zero attached hydrogens (tertiary/aromatic N) is 4. The summed E-state index contributed by atoms with van der Waals surface area (Å²) >= 11 is 3.66. The number of rotatable bonds is 2. The molecule has 0 bridgehead atoms. The largest absolute Gasteiger partial charge is 2.00 e. The molecule has 6 aromatic heterocycles. The second-order valence-corrected chi connectivity index (χ2v) is 14.6. The Morgan fingerprint density at radius 3 is 1.44 bits per heavy atom. The Kier molecular flexibility index (Phi) is 5.90. The second-order valence-electron chi connectivity index (χ2n) is 12.4. The number of pyridine rings is 2. The van der Waals surface area contributed by atoms with Crippen LogP contribution in [0.5, 0.6) is 11.5 Å². The summed E-state index contributed by atoms with van der Waals surface area (Å²) in [4.78, 5) is 9.63. The Bertz CT molecular complexity index is 3160. The van der Waals surface area contributed by atoms with Crippen LogP contribution in [0.3, 0.4) is 0 Å². The Hall–Kier alpha value is -5.33. The van der Waals surface area contributed by atoms with Gasteiger partial charge in [-0.05, 0) is 35.0 Å². The van der Waals surface area contributed by atoms with Gasteiger partial charge >= 0.3 is 21.1 Å².